The number of anilines is 1. The molecule has 0 amide bonds. The lowest BCUT2D eigenvalue weighted by Gasteiger charge is -2.29. The molecule has 1 fully saturated rings. The molecule has 1 N–H and O–H groups in total. The Bertz CT molecular complexity index is 861. The molecule has 0 aliphatic carbocycles. The van der Waals surface area contributed by atoms with E-state index in [2.05, 4.69) is 70.6 Å². The molecule has 0 atom stereocenters. The van der Waals surface area contributed by atoms with Crippen molar-refractivity contribution in [1.29, 1.82) is 0 Å². The van der Waals surface area contributed by atoms with E-state index in [0.717, 1.165) is 31.2 Å². The van der Waals surface area contributed by atoms with Crippen LogP contribution in [0.2, 0.25) is 5.02 Å². The third kappa shape index (κ3) is 3.44. The van der Waals surface area contributed by atoms with Crippen LogP contribution in [0.1, 0.15) is 0 Å². The number of aryl methyl sites for hydroxylation is 1. The maximum Gasteiger partial charge on any atom is 0.0406 e. The molecule has 4 heteroatoms. The fourth-order valence-corrected chi connectivity index (χ4v) is 3.59. The molecule has 0 spiro atoms. The van der Waals surface area contributed by atoms with Gasteiger partial charge in [0.1, 0.15) is 0 Å². The third-order valence-corrected chi connectivity index (χ3v) is 5.00. The average molecular weight is 352 g/mol. The summed E-state index contributed by atoms with van der Waals surface area (Å²) in [5, 5.41) is 4.18. The molecule has 3 nitrogen and oxygen atoms in total. The first kappa shape index (κ1) is 16.2. The van der Waals surface area contributed by atoms with Crippen molar-refractivity contribution >= 4 is 17.3 Å². The molecule has 1 aromatic heterocycles. The maximum absolute atomic E-state index is 6.05. The van der Waals surface area contributed by atoms with E-state index in [1.165, 1.54) is 27.9 Å². The van der Waals surface area contributed by atoms with Crippen molar-refractivity contribution in [3.63, 3.8) is 0 Å². The number of halogens is 1. The van der Waals surface area contributed by atoms with Crippen LogP contribution >= 0.6 is 11.6 Å². The summed E-state index contributed by atoms with van der Waals surface area (Å²) in [4.78, 5) is 2.45. The summed E-state index contributed by atoms with van der Waals surface area (Å²) < 4.78 is 2.12. The smallest absolute Gasteiger partial charge is 0.0406 e. The monoisotopic (exact) mass is 351 g/mol. The topological polar surface area (TPSA) is 20.2 Å². The quantitative estimate of drug-likeness (QED) is 0.753. The van der Waals surface area contributed by atoms with Gasteiger partial charge in [0, 0.05) is 67.5 Å². The Hall–Kier alpha value is -2.23. The average Bonchev–Trinajstić information content (AvgIpc) is 3.05. The lowest BCUT2D eigenvalue weighted by Crippen LogP contribution is -2.43. The second-order valence-corrected chi connectivity index (χ2v) is 6.98. The Balaban J connectivity index is 1.73. The van der Waals surface area contributed by atoms with Gasteiger partial charge < -0.3 is 14.8 Å². The van der Waals surface area contributed by atoms with Crippen LogP contribution in [0.4, 0.5) is 5.69 Å². The lowest BCUT2D eigenvalue weighted by atomic mass is 9.98. The van der Waals surface area contributed by atoms with Crippen molar-refractivity contribution in [2.45, 2.75) is 0 Å². The Morgan fingerprint density at radius 1 is 0.880 bits per heavy atom. The van der Waals surface area contributed by atoms with Gasteiger partial charge in [0.15, 0.2) is 0 Å². The zero-order valence-corrected chi connectivity index (χ0v) is 15.1. The van der Waals surface area contributed by atoms with Crippen LogP contribution in [0.15, 0.2) is 60.9 Å². The molecule has 2 aromatic carbocycles. The molecule has 128 valence electrons. The molecule has 0 saturated carbocycles. The molecule has 0 bridgehead atoms. The highest BCUT2D eigenvalue weighted by atomic mass is 35.5. The predicted octanol–water partition coefficient (Wildman–Crippen LogP) is 4.42. The van der Waals surface area contributed by atoms with Crippen molar-refractivity contribution in [2.75, 3.05) is 31.1 Å². The summed E-state index contributed by atoms with van der Waals surface area (Å²) in [6, 6.07) is 16.9. The van der Waals surface area contributed by atoms with Crippen molar-refractivity contribution in [3.05, 3.63) is 65.9 Å². The van der Waals surface area contributed by atoms with Gasteiger partial charge in [-0.05, 0) is 35.4 Å². The van der Waals surface area contributed by atoms with Crippen molar-refractivity contribution in [3.8, 4) is 22.3 Å². The largest absolute Gasteiger partial charge is 0.369 e. The third-order valence-electron chi connectivity index (χ3n) is 4.75. The standard InChI is InChI=1S/C21H22ClN3/c1-24-14-20(16-5-7-18(22)8-6-16)21(15-24)17-3-2-4-19(13-17)25-11-9-23-10-12-25/h2-8,13-15,23H,9-12H2,1H3. The van der Waals surface area contributed by atoms with Gasteiger partial charge in [0.2, 0.25) is 0 Å². The van der Waals surface area contributed by atoms with Gasteiger partial charge in [0.25, 0.3) is 0 Å². The fraction of sp³-hybridized carbons (Fsp3) is 0.238. The highest BCUT2D eigenvalue weighted by Gasteiger charge is 2.14. The number of nitrogens with one attached hydrogen (secondary N) is 1. The highest BCUT2D eigenvalue weighted by Crippen LogP contribution is 2.35. The van der Waals surface area contributed by atoms with Gasteiger partial charge in [0.05, 0.1) is 0 Å². The van der Waals surface area contributed by atoms with Crippen LogP contribution in [0, 0.1) is 0 Å². The van der Waals surface area contributed by atoms with E-state index in [9.17, 15) is 0 Å². The maximum atomic E-state index is 6.05. The second kappa shape index (κ2) is 6.95. The van der Waals surface area contributed by atoms with E-state index in [-0.39, 0.29) is 0 Å². The van der Waals surface area contributed by atoms with E-state index in [4.69, 9.17) is 11.6 Å². The number of nitrogens with zero attached hydrogens (tertiary/aromatic N) is 2. The van der Waals surface area contributed by atoms with E-state index in [0.29, 0.717) is 0 Å². The number of hydrogen-bond donors (Lipinski definition) is 1. The molecule has 4 rings (SSSR count). The van der Waals surface area contributed by atoms with Crippen LogP contribution in [-0.4, -0.2) is 30.7 Å². The zero-order chi connectivity index (χ0) is 17.2. The zero-order valence-electron chi connectivity index (χ0n) is 14.4. The van der Waals surface area contributed by atoms with E-state index < -0.39 is 0 Å². The molecule has 1 saturated heterocycles. The summed E-state index contributed by atoms with van der Waals surface area (Å²) in [5.74, 6) is 0. The summed E-state index contributed by atoms with van der Waals surface area (Å²) in [6.07, 6.45) is 4.37. The van der Waals surface area contributed by atoms with Gasteiger partial charge in [-0.15, -0.1) is 0 Å². The van der Waals surface area contributed by atoms with Crippen molar-refractivity contribution in [1.82, 2.24) is 9.88 Å². The van der Waals surface area contributed by atoms with Crippen LogP contribution < -0.4 is 10.2 Å². The number of hydrogen-bond acceptors (Lipinski definition) is 2. The summed E-state index contributed by atoms with van der Waals surface area (Å²) in [6.45, 7) is 4.21. The molecule has 0 unspecified atom stereocenters. The molecular weight excluding hydrogens is 330 g/mol. The van der Waals surface area contributed by atoms with Gasteiger partial charge >= 0.3 is 0 Å². The van der Waals surface area contributed by atoms with Crippen LogP contribution in [0.5, 0.6) is 0 Å². The van der Waals surface area contributed by atoms with Crippen molar-refractivity contribution in [2.24, 2.45) is 7.05 Å². The Kier molecular flexibility index (Phi) is 4.51. The first-order valence-electron chi connectivity index (χ1n) is 8.69. The lowest BCUT2D eigenvalue weighted by molar-refractivity contribution is 0.589. The predicted molar refractivity (Wildman–Crippen MR) is 106 cm³/mol. The Labute approximate surface area is 153 Å². The molecule has 2 heterocycles. The van der Waals surface area contributed by atoms with Crippen molar-refractivity contribution < 1.29 is 0 Å². The van der Waals surface area contributed by atoms with Crippen LogP contribution in [-0.2, 0) is 7.05 Å². The number of rotatable bonds is 3. The minimum absolute atomic E-state index is 0.766. The first-order valence-corrected chi connectivity index (χ1v) is 9.06. The number of benzene rings is 2. The fourth-order valence-electron chi connectivity index (χ4n) is 3.47. The van der Waals surface area contributed by atoms with E-state index >= 15 is 0 Å². The van der Waals surface area contributed by atoms with E-state index in [1.54, 1.807) is 0 Å². The van der Waals surface area contributed by atoms with Gasteiger partial charge in [-0.1, -0.05) is 35.9 Å². The Morgan fingerprint density at radius 3 is 2.28 bits per heavy atom. The highest BCUT2D eigenvalue weighted by molar-refractivity contribution is 6.30. The summed E-state index contributed by atoms with van der Waals surface area (Å²) in [5.41, 5.74) is 6.22. The molecule has 25 heavy (non-hydrogen) atoms. The molecule has 1 aliphatic rings. The number of aromatic nitrogens is 1. The van der Waals surface area contributed by atoms with Crippen LogP contribution in [0.3, 0.4) is 0 Å². The minimum atomic E-state index is 0.766. The van der Waals surface area contributed by atoms with Gasteiger partial charge in [-0.3, -0.25) is 0 Å². The Morgan fingerprint density at radius 2 is 1.56 bits per heavy atom. The number of piperazine rings is 1. The summed E-state index contributed by atoms with van der Waals surface area (Å²) in [7, 11) is 2.07. The van der Waals surface area contributed by atoms with E-state index in [1.807, 2.05) is 12.1 Å². The summed E-state index contributed by atoms with van der Waals surface area (Å²) >= 11 is 6.05. The molecule has 0 radical (unpaired) electrons. The molecule has 3 aromatic rings. The minimum Gasteiger partial charge on any atom is -0.369 e. The first-order chi connectivity index (χ1) is 12.2. The normalized spacial score (nSPS) is 14.7. The van der Waals surface area contributed by atoms with Crippen LogP contribution in [0.25, 0.3) is 22.3 Å². The van der Waals surface area contributed by atoms with Gasteiger partial charge in [-0.2, -0.15) is 0 Å². The van der Waals surface area contributed by atoms with Gasteiger partial charge in [-0.25, -0.2) is 0 Å². The SMILES string of the molecule is Cn1cc(-c2ccc(Cl)cc2)c(-c2cccc(N3CCNCC3)c2)c1. The second-order valence-electron chi connectivity index (χ2n) is 6.55. The molecule has 1 aliphatic heterocycles. The molecular formula is C21H22ClN3.